The van der Waals surface area contributed by atoms with Crippen molar-refractivity contribution in [3.05, 3.63) is 35.9 Å². The summed E-state index contributed by atoms with van der Waals surface area (Å²) in [5.74, 6) is 0.0714. The monoisotopic (exact) mass is 239 g/mol. The molecule has 66 valence electrons. The number of nitrogens with zero attached hydrogens (tertiary/aromatic N) is 1. The molecule has 1 atom stereocenters. The maximum atomic E-state index is 11.6. The quantitative estimate of drug-likeness (QED) is 0.595. The number of rotatable bonds is 3. The number of hydrogen-bond donors (Lipinski definition) is 0. The van der Waals surface area contributed by atoms with Gasteiger partial charge in [0, 0.05) is 0 Å². The van der Waals surface area contributed by atoms with Gasteiger partial charge < -0.3 is 0 Å². The normalized spacial score (nSPS) is 11.7. The summed E-state index contributed by atoms with van der Waals surface area (Å²) in [5.41, 5.74) is 0.701. The van der Waals surface area contributed by atoms with E-state index < -0.39 is 0 Å². The van der Waals surface area contributed by atoms with Crippen molar-refractivity contribution >= 4 is 20.7 Å². The molecule has 0 heterocycles. The minimum absolute atomic E-state index is 0.0714. The van der Waals surface area contributed by atoms with Crippen molar-refractivity contribution in [3.8, 4) is 4.97 Å². The summed E-state index contributed by atoms with van der Waals surface area (Å²) in [6.07, 6.45) is 0. The molecule has 0 saturated heterocycles. The van der Waals surface area contributed by atoms with Gasteiger partial charge in [-0.05, 0) is 0 Å². The van der Waals surface area contributed by atoms with Crippen LogP contribution in [0.5, 0.6) is 0 Å². The van der Waals surface area contributed by atoms with Gasteiger partial charge in [-0.3, -0.25) is 0 Å². The molecule has 3 heteroatoms. The molecular weight excluding hydrogens is 229 g/mol. The van der Waals surface area contributed by atoms with Crippen LogP contribution < -0.4 is 0 Å². The first-order valence-electron chi connectivity index (χ1n) is 3.89. The first-order chi connectivity index (χ1) is 6.25. The fraction of sp³-hybridized carbons (Fsp3) is 0.200. The molecule has 2 nitrogen and oxygen atoms in total. The molecule has 0 aromatic heterocycles. The van der Waals surface area contributed by atoms with E-state index in [0.717, 1.165) is 0 Å². The van der Waals surface area contributed by atoms with Gasteiger partial charge in [-0.25, -0.2) is 0 Å². The third-order valence-corrected chi connectivity index (χ3v) is 3.07. The Kier molecular flexibility index (Phi) is 3.70. The molecule has 1 aromatic rings. The summed E-state index contributed by atoms with van der Waals surface area (Å²) in [4.78, 5) is 13.5. The van der Waals surface area contributed by atoms with Gasteiger partial charge >= 0.3 is 83.4 Å². The van der Waals surface area contributed by atoms with Crippen LogP contribution in [0.2, 0.25) is 4.82 Å². The van der Waals surface area contributed by atoms with E-state index in [1.165, 1.54) is 0 Å². The second-order valence-corrected chi connectivity index (χ2v) is 4.94. The Bertz CT molecular complexity index is 329. The molecule has 1 unspecified atom stereocenters. The molecular formula is C10H9NOSe. The van der Waals surface area contributed by atoms with Gasteiger partial charge in [0.15, 0.2) is 0 Å². The van der Waals surface area contributed by atoms with Crippen LogP contribution >= 0.6 is 0 Å². The number of ketones is 1. The second kappa shape index (κ2) is 4.81. The van der Waals surface area contributed by atoms with Gasteiger partial charge in [-0.15, -0.1) is 0 Å². The van der Waals surface area contributed by atoms with Gasteiger partial charge in [0.05, 0.1) is 0 Å². The fourth-order valence-electron chi connectivity index (χ4n) is 0.970. The van der Waals surface area contributed by atoms with Crippen LogP contribution in [0.25, 0.3) is 0 Å². The first-order valence-corrected chi connectivity index (χ1v) is 5.74. The summed E-state index contributed by atoms with van der Waals surface area (Å²) in [7, 11) is 0. The van der Waals surface area contributed by atoms with Crippen LogP contribution in [0.1, 0.15) is 17.3 Å². The Hall–Kier alpha value is -1.10. The SMILES string of the molecule is CC([Se]C#N)C(=O)c1ccccc1. The first kappa shape index (κ1) is 9.98. The van der Waals surface area contributed by atoms with Crippen molar-refractivity contribution in [3.63, 3.8) is 0 Å². The Balaban J connectivity index is 2.75. The molecule has 0 fully saturated rings. The predicted molar refractivity (Wildman–Crippen MR) is 51.6 cm³/mol. The molecule has 0 N–H and O–H groups in total. The Labute approximate surface area is 83.7 Å². The molecule has 0 aliphatic heterocycles. The maximum absolute atomic E-state index is 11.6. The van der Waals surface area contributed by atoms with Crippen LogP contribution in [0.3, 0.4) is 0 Å². The number of benzene rings is 1. The molecule has 0 radical (unpaired) electrons. The number of nitriles is 1. The molecule has 0 aliphatic carbocycles. The van der Waals surface area contributed by atoms with Gasteiger partial charge in [0.25, 0.3) is 0 Å². The van der Waals surface area contributed by atoms with Crippen LogP contribution in [-0.2, 0) is 0 Å². The van der Waals surface area contributed by atoms with E-state index in [9.17, 15) is 4.79 Å². The topological polar surface area (TPSA) is 40.9 Å². The second-order valence-electron chi connectivity index (χ2n) is 2.58. The standard InChI is InChI=1S/C10H9NOSe/c1-8(13-7-11)10(12)9-5-3-2-4-6-9/h2-6,8H,1H3. The van der Waals surface area contributed by atoms with Gasteiger partial charge in [-0.2, -0.15) is 0 Å². The molecule has 0 amide bonds. The third-order valence-electron chi connectivity index (χ3n) is 1.66. The van der Waals surface area contributed by atoms with Crippen molar-refractivity contribution in [2.24, 2.45) is 0 Å². The van der Waals surface area contributed by atoms with Crippen molar-refractivity contribution in [2.75, 3.05) is 0 Å². The molecule has 0 bridgehead atoms. The number of hydrogen-bond acceptors (Lipinski definition) is 2. The van der Waals surface area contributed by atoms with Crippen LogP contribution in [0, 0.1) is 10.2 Å². The summed E-state index contributed by atoms with van der Waals surface area (Å²) >= 11 is -0.243. The fourth-order valence-corrected chi connectivity index (χ4v) is 1.81. The van der Waals surface area contributed by atoms with E-state index >= 15 is 0 Å². The van der Waals surface area contributed by atoms with Crippen molar-refractivity contribution < 1.29 is 4.79 Å². The molecule has 1 aromatic carbocycles. The summed E-state index contributed by atoms with van der Waals surface area (Å²) < 4.78 is 0. The van der Waals surface area contributed by atoms with E-state index in [2.05, 4.69) is 4.97 Å². The zero-order chi connectivity index (χ0) is 9.68. The summed E-state index contributed by atoms with van der Waals surface area (Å²) in [6, 6.07) is 9.11. The van der Waals surface area contributed by atoms with Crippen molar-refractivity contribution in [1.82, 2.24) is 0 Å². The van der Waals surface area contributed by atoms with Gasteiger partial charge in [-0.1, -0.05) is 0 Å². The number of carbonyl (C=O) groups excluding carboxylic acids is 1. The van der Waals surface area contributed by atoms with Crippen molar-refractivity contribution in [2.45, 2.75) is 11.7 Å². The van der Waals surface area contributed by atoms with Gasteiger partial charge in [0.1, 0.15) is 0 Å². The van der Waals surface area contributed by atoms with Crippen LogP contribution in [0.4, 0.5) is 0 Å². The molecule has 13 heavy (non-hydrogen) atoms. The van der Waals surface area contributed by atoms with E-state index in [4.69, 9.17) is 5.26 Å². The molecule has 1 rings (SSSR count). The number of carbonyl (C=O) groups is 1. The Morgan fingerprint density at radius 2 is 2.08 bits per heavy atom. The summed E-state index contributed by atoms with van der Waals surface area (Å²) in [5, 5.41) is 8.46. The van der Waals surface area contributed by atoms with Crippen LogP contribution in [0.15, 0.2) is 30.3 Å². The average Bonchev–Trinajstić information content (AvgIpc) is 2.18. The minimum atomic E-state index is -0.243. The Morgan fingerprint density at radius 3 is 2.62 bits per heavy atom. The number of Topliss-reactive ketones (excluding diaryl/α,β-unsaturated/α-hetero) is 1. The zero-order valence-corrected chi connectivity index (χ0v) is 8.94. The molecule has 0 aliphatic rings. The van der Waals surface area contributed by atoms with E-state index in [-0.39, 0.29) is 25.6 Å². The zero-order valence-electron chi connectivity index (χ0n) is 7.23. The van der Waals surface area contributed by atoms with Crippen molar-refractivity contribution in [1.29, 1.82) is 5.26 Å². The summed E-state index contributed by atoms with van der Waals surface area (Å²) in [6.45, 7) is 1.80. The molecule has 0 saturated carbocycles. The van der Waals surface area contributed by atoms with E-state index in [1.54, 1.807) is 19.1 Å². The average molecular weight is 238 g/mol. The molecule has 0 spiro atoms. The van der Waals surface area contributed by atoms with E-state index in [1.807, 2.05) is 18.2 Å². The third kappa shape index (κ3) is 2.69. The van der Waals surface area contributed by atoms with Crippen LogP contribution in [-0.4, -0.2) is 20.7 Å². The Morgan fingerprint density at radius 1 is 1.46 bits per heavy atom. The van der Waals surface area contributed by atoms with Gasteiger partial charge in [0.2, 0.25) is 0 Å². The predicted octanol–water partition coefficient (Wildman–Crippen LogP) is 1.86. The van der Waals surface area contributed by atoms with E-state index in [0.29, 0.717) is 5.56 Å².